The number of alkyl halides is 3. The van der Waals surface area contributed by atoms with E-state index in [1.54, 1.807) is 12.1 Å². The van der Waals surface area contributed by atoms with Gasteiger partial charge in [0.05, 0.1) is 11.1 Å². The molecule has 1 aliphatic heterocycles. The van der Waals surface area contributed by atoms with Crippen LogP contribution in [0.25, 0.3) is 10.9 Å². The smallest absolute Gasteiger partial charge is 0.389 e. The van der Waals surface area contributed by atoms with Crippen molar-refractivity contribution in [2.24, 2.45) is 0 Å². The maximum atomic E-state index is 13.4. The highest BCUT2D eigenvalue weighted by molar-refractivity contribution is 5.97. The number of pyridine rings is 1. The molecule has 0 spiro atoms. The number of hydrogen-bond donors (Lipinski definition) is 2. The lowest BCUT2D eigenvalue weighted by atomic mass is 9.94. The van der Waals surface area contributed by atoms with Gasteiger partial charge in [-0.1, -0.05) is 18.2 Å². The summed E-state index contributed by atoms with van der Waals surface area (Å²) in [6, 6.07) is 13.2. The molecule has 2 aromatic carbocycles. The predicted molar refractivity (Wildman–Crippen MR) is 132 cm³/mol. The number of ether oxygens (including phenoxy) is 1. The first-order chi connectivity index (χ1) is 17.1. The van der Waals surface area contributed by atoms with Crippen LogP contribution in [0, 0.1) is 13.8 Å². The standard InChI is InChI=1S/C28H30F3N3O2/c1-17-3-5-21(36-16-20-8-12-32-20)15-23(17)26(35)34-27(10-11-27)24-13-19(7-9-28(29,30)31)14-25-22(24)6-4-18(2)33-25/h3-6,13-15,20,32H,7-12,16H2,1-2H3,(H,34,35)/t20-/m0/s1. The fourth-order valence-corrected chi connectivity index (χ4v) is 4.72. The highest BCUT2D eigenvalue weighted by atomic mass is 19.4. The van der Waals surface area contributed by atoms with E-state index in [1.165, 1.54) is 0 Å². The lowest BCUT2D eigenvalue weighted by Crippen LogP contribution is -2.46. The quantitative estimate of drug-likeness (QED) is 0.431. The second kappa shape index (κ2) is 9.39. The van der Waals surface area contributed by atoms with Crippen molar-refractivity contribution in [3.63, 3.8) is 0 Å². The summed E-state index contributed by atoms with van der Waals surface area (Å²) in [5.41, 5.74) is 3.59. The molecule has 1 aromatic heterocycles. The first-order valence-electron chi connectivity index (χ1n) is 12.4. The number of fused-ring (bicyclic) bond motifs is 1. The number of aromatic nitrogens is 1. The van der Waals surface area contributed by atoms with Gasteiger partial charge in [0, 0.05) is 29.1 Å². The maximum Gasteiger partial charge on any atom is 0.389 e. The van der Waals surface area contributed by atoms with Gasteiger partial charge in [0.2, 0.25) is 0 Å². The van der Waals surface area contributed by atoms with Crippen LogP contribution in [0.15, 0.2) is 42.5 Å². The number of hydrogen-bond acceptors (Lipinski definition) is 4. The molecular weight excluding hydrogens is 467 g/mol. The van der Waals surface area contributed by atoms with Gasteiger partial charge in [0.15, 0.2) is 0 Å². The number of halogens is 3. The molecule has 2 N–H and O–H groups in total. The van der Waals surface area contributed by atoms with Gasteiger partial charge in [-0.3, -0.25) is 9.78 Å². The molecule has 2 fully saturated rings. The number of nitrogens with zero attached hydrogens (tertiary/aromatic N) is 1. The lowest BCUT2D eigenvalue weighted by Gasteiger charge is -2.27. The minimum absolute atomic E-state index is 0.125. The Kier molecular flexibility index (Phi) is 6.41. The van der Waals surface area contributed by atoms with Gasteiger partial charge in [-0.25, -0.2) is 0 Å². The summed E-state index contributed by atoms with van der Waals surface area (Å²) in [5, 5.41) is 7.35. The van der Waals surface area contributed by atoms with E-state index in [9.17, 15) is 18.0 Å². The van der Waals surface area contributed by atoms with Crippen LogP contribution in [-0.4, -0.2) is 36.3 Å². The Bertz CT molecular complexity index is 1300. The van der Waals surface area contributed by atoms with Gasteiger partial charge >= 0.3 is 6.18 Å². The molecule has 3 aromatic rings. The molecule has 1 amide bonds. The van der Waals surface area contributed by atoms with Gasteiger partial charge < -0.3 is 15.4 Å². The topological polar surface area (TPSA) is 63.2 Å². The molecule has 0 radical (unpaired) electrons. The molecule has 5 rings (SSSR count). The Morgan fingerprint density at radius 1 is 1.17 bits per heavy atom. The largest absolute Gasteiger partial charge is 0.492 e. The van der Waals surface area contributed by atoms with Gasteiger partial charge in [-0.15, -0.1) is 0 Å². The van der Waals surface area contributed by atoms with Crippen LogP contribution in [0.2, 0.25) is 0 Å². The van der Waals surface area contributed by atoms with Crippen molar-refractivity contribution in [2.45, 2.75) is 63.7 Å². The van der Waals surface area contributed by atoms with E-state index >= 15 is 0 Å². The molecule has 36 heavy (non-hydrogen) atoms. The molecule has 1 aliphatic carbocycles. The molecule has 1 atom stereocenters. The molecule has 190 valence electrons. The summed E-state index contributed by atoms with van der Waals surface area (Å²) in [6.07, 6.45) is -2.75. The number of amides is 1. The minimum atomic E-state index is -4.24. The first kappa shape index (κ1) is 24.6. The van der Waals surface area contributed by atoms with E-state index in [0.717, 1.165) is 35.2 Å². The average molecular weight is 498 g/mol. The molecule has 0 unspecified atom stereocenters. The fourth-order valence-electron chi connectivity index (χ4n) is 4.72. The van der Waals surface area contributed by atoms with Gasteiger partial charge in [0.1, 0.15) is 12.4 Å². The molecule has 2 heterocycles. The summed E-state index contributed by atoms with van der Waals surface area (Å²) in [7, 11) is 0. The number of aryl methyl sites for hydroxylation is 3. The summed E-state index contributed by atoms with van der Waals surface area (Å²) in [4.78, 5) is 18.0. The lowest BCUT2D eigenvalue weighted by molar-refractivity contribution is -0.134. The third kappa shape index (κ3) is 5.33. The number of carbonyl (C=O) groups is 1. The highest BCUT2D eigenvalue weighted by Gasteiger charge is 2.47. The summed E-state index contributed by atoms with van der Waals surface area (Å²) in [5.74, 6) is 0.426. The third-order valence-corrected chi connectivity index (χ3v) is 7.15. The van der Waals surface area contributed by atoms with Crippen molar-refractivity contribution >= 4 is 16.8 Å². The highest BCUT2D eigenvalue weighted by Crippen LogP contribution is 2.48. The van der Waals surface area contributed by atoms with E-state index < -0.39 is 18.1 Å². The molecule has 1 saturated carbocycles. The van der Waals surface area contributed by atoms with Crippen molar-refractivity contribution < 1.29 is 22.7 Å². The Labute approximate surface area is 208 Å². The minimum Gasteiger partial charge on any atom is -0.492 e. The maximum absolute atomic E-state index is 13.4. The van der Waals surface area contributed by atoms with Crippen LogP contribution in [0.1, 0.15) is 58.4 Å². The first-order valence-corrected chi connectivity index (χ1v) is 12.4. The zero-order chi connectivity index (χ0) is 25.5. The summed E-state index contributed by atoms with van der Waals surface area (Å²) in [6.45, 7) is 5.29. The van der Waals surface area contributed by atoms with Gasteiger partial charge in [-0.2, -0.15) is 13.2 Å². The Morgan fingerprint density at radius 3 is 2.61 bits per heavy atom. The molecule has 8 heteroatoms. The molecule has 5 nitrogen and oxygen atoms in total. The van der Waals surface area contributed by atoms with Crippen LogP contribution < -0.4 is 15.4 Å². The van der Waals surface area contributed by atoms with Crippen LogP contribution in [0.5, 0.6) is 5.75 Å². The van der Waals surface area contributed by atoms with E-state index in [-0.39, 0.29) is 12.3 Å². The van der Waals surface area contributed by atoms with Crippen molar-refractivity contribution in [1.82, 2.24) is 15.6 Å². The monoisotopic (exact) mass is 497 g/mol. The second-order valence-corrected chi connectivity index (χ2v) is 10.0. The number of carbonyl (C=O) groups excluding carboxylic acids is 1. The van der Waals surface area contributed by atoms with E-state index in [1.807, 2.05) is 44.2 Å². The number of rotatable bonds is 8. The van der Waals surface area contributed by atoms with Gasteiger partial charge in [-0.05, 0) is 87.0 Å². The normalized spacial score (nSPS) is 18.5. The fraction of sp³-hybridized carbons (Fsp3) is 0.429. The summed E-state index contributed by atoms with van der Waals surface area (Å²) >= 11 is 0. The van der Waals surface area contributed by atoms with Crippen LogP contribution >= 0.6 is 0 Å². The van der Waals surface area contributed by atoms with Crippen LogP contribution in [0.4, 0.5) is 13.2 Å². The second-order valence-electron chi connectivity index (χ2n) is 10.0. The third-order valence-electron chi connectivity index (χ3n) is 7.15. The SMILES string of the molecule is Cc1ccc2c(C3(NC(=O)c4cc(OC[C@@H]5CCN5)ccc4C)CC3)cc(CCC(F)(F)F)cc2n1. The van der Waals surface area contributed by atoms with Gasteiger partial charge in [0.25, 0.3) is 5.91 Å². The molecular formula is C28H30F3N3O2. The summed E-state index contributed by atoms with van der Waals surface area (Å²) < 4.78 is 44.7. The van der Waals surface area contributed by atoms with Crippen LogP contribution in [0.3, 0.4) is 0 Å². The van der Waals surface area contributed by atoms with Crippen molar-refractivity contribution in [1.29, 1.82) is 0 Å². The number of nitrogens with one attached hydrogen (secondary N) is 2. The Morgan fingerprint density at radius 2 is 1.94 bits per heavy atom. The molecule has 2 aliphatic rings. The Balaban J connectivity index is 1.42. The van der Waals surface area contributed by atoms with Crippen LogP contribution in [-0.2, 0) is 12.0 Å². The average Bonchev–Trinajstić information content (AvgIpc) is 3.56. The Hall–Kier alpha value is -3.13. The van der Waals surface area contributed by atoms with Crippen molar-refractivity contribution in [3.8, 4) is 5.75 Å². The van der Waals surface area contributed by atoms with E-state index in [2.05, 4.69) is 15.6 Å². The van der Waals surface area contributed by atoms with Crippen molar-refractivity contribution in [3.05, 3.63) is 70.4 Å². The van der Waals surface area contributed by atoms with E-state index in [0.29, 0.717) is 47.9 Å². The molecule has 1 saturated heterocycles. The zero-order valence-corrected chi connectivity index (χ0v) is 20.5. The zero-order valence-electron chi connectivity index (χ0n) is 20.5. The molecule has 0 bridgehead atoms. The van der Waals surface area contributed by atoms with Crippen molar-refractivity contribution in [2.75, 3.05) is 13.2 Å². The number of benzene rings is 2. The van der Waals surface area contributed by atoms with E-state index in [4.69, 9.17) is 4.74 Å². The predicted octanol–water partition coefficient (Wildman–Crippen LogP) is 5.51.